The number of fused-ring (bicyclic) bond motifs is 1. The van der Waals surface area contributed by atoms with E-state index in [1.165, 1.54) is 12.3 Å². The molecule has 2 heterocycles. The number of esters is 1. The van der Waals surface area contributed by atoms with Gasteiger partial charge in [-0.25, -0.2) is 14.6 Å². The van der Waals surface area contributed by atoms with E-state index >= 15 is 0 Å². The number of carbonyl (C=O) groups is 3. The van der Waals surface area contributed by atoms with Gasteiger partial charge in [0.1, 0.15) is 10.9 Å². The number of rotatable bonds is 5. The summed E-state index contributed by atoms with van der Waals surface area (Å²) in [6, 6.07) is 10.9. The molecule has 2 N–H and O–H groups in total. The third-order valence-corrected chi connectivity index (χ3v) is 3.69. The van der Waals surface area contributed by atoms with Crippen molar-refractivity contribution in [3.05, 3.63) is 65.2 Å². The summed E-state index contributed by atoms with van der Waals surface area (Å²) in [5, 5.41) is 5.16. The van der Waals surface area contributed by atoms with Crippen LogP contribution >= 0.6 is 11.6 Å². The Kier molecular flexibility index (Phi) is 5.68. The molecule has 0 unspecified atom stereocenters. The maximum Gasteiger partial charge on any atom is 0.339 e. The van der Waals surface area contributed by atoms with E-state index in [4.69, 9.17) is 20.8 Å². The molecule has 0 aliphatic heterocycles. The highest BCUT2D eigenvalue weighted by atomic mass is 35.5. The Balaban J connectivity index is 1.54. The van der Waals surface area contributed by atoms with Gasteiger partial charge in [-0.05, 0) is 24.3 Å². The largest absolute Gasteiger partial charge is 0.467 e. The lowest BCUT2D eigenvalue weighted by molar-refractivity contribution is -0.123. The van der Waals surface area contributed by atoms with Crippen molar-refractivity contribution in [2.45, 2.75) is 6.54 Å². The summed E-state index contributed by atoms with van der Waals surface area (Å²) in [4.78, 5) is 39.8. The molecular weight excluding hydrogens is 374 g/mol. The molecule has 0 spiro atoms. The highest BCUT2D eigenvalue weighted by Gasteiger charge is 2.16. The number of urea groups is 1. The van der Waals surface area contributed by atoms with Crippen molar-refractivity contribution >= 4 is 40.4 Å². The maximum atomic E-state index is 12.3. The molecule has 0 saturated heterocycles. The van der Waals surface area contributed by atoms with Gasteiger partial charge in [0.2, 0.25) is 0 Å². The molecule has 1 aromatic carbocycles. The summed E-state index contributed by atoms with van der Waals surface area (Å²) in [6.07, 6.45) is 1.47. The Morgan fingerprint density at radius 2 is 1.96 bits per heavy atom. The van der Waals surface area contributed by atoms with Crippen LogP contribution in [-0.4, -0.2) is 29.5 Å². The quantitative estimate of drug-likeness (QED) is 0.514. The van der Waals surface area contributed by atoms with Crippen LogP contribution in [0.5, 0.6) is 0 Å². The summed E-state index contributed by atoms with van der Waals surface area (Å²) in [6.45, 7) is -0.505. The van der Waals surface area contributed by atoms with E-state index in [1.54, 1.807) is 36.4 Å². The zero-order valence-corrected chi connectivity index (χ0v) is 14.7. The van der Waals surface area contributed by atoms with Gasteiger partial charge in [0, 0.05) is 5.39 Å². The van der Waals surface area contributed by atoms with E-state index in [2.05, 4.69) is 15.6 Å². The molecule has 138 valence electrons. The van der Waals surface area contributed by atoms with Gasteiger partial charge in [0.15, 0.2) is 6.61 Å². The minimum absolute atomic E-state index is 0.118. The smallest absolute Gasteiger partial charge is 0.339 e. The minimum atomic E-state index is -0.773. The number of pyridine rings is 1. The van der Waals surface area contributed by atoms with Crippen LogP contribution < -0.4 is 10.6 Å². The number of ether oxygens (including phenoxy) is 1. The number of nitrogens with zero attached hydrogens (tertiary/aromatic N) is 1. The number of aromatic nitrogens is 1. The van der Waals surface area contributed by atoms with Gasteiger partial charge < -0.3 is 14.5 Å². The molecule has 27 heavy (non-hydrogen) atoms. The van der Waals surface area contributed by atoms with E-state index in [0.717, 1.165) is 0 Å². The molecule has 3 rings (SSSR count). The molecule has 3 aromatic rings. The fourth-order valence-electron chi connectivity index (χ4n) is 2.31. The molecule has 0 aliphatic carbocycles. The summed E-state index contributed by atoms with van der Waals surface area (Å²) in [5.74, 6) is -0.989. The standard InChI is InChI=1S/C18H14ClN3O5/c19-15-8-13(12-5-1-2-6-14(12)21-15)17(24)27-10-16(23)22-18(25)20-9-11-4-3-7-26-11/h1-8H,9-10H2,(H2,20,22,23,25). The van der Waals surface area contributed by atoms with Gasteiger partial charge in [0.25, 0.3) is 5.91 Å². The molecule has 8 nitrogen and oxygen atoms in total. The molecule has 9 heteroatoms. The Labute approximate surface area is 158 Å². The summed E-state index contributed by atoms with van der Waals surface area (Å²) < 4.78 is 10.0. The van der Waals surface area contributed by atoms with Gasteiger partial charge in [-0.1, -0.05) is 29.8 Å². The lowest BCUT2D eigenvalue weighted by Crippen LogP contribution is -2.41. The number of amides is 3. The first-order valence-electron chi connectivity index (χ1n) is 7.85. The van der Waals surface area contributed by atoms with Crippen LogP contribution in [0.4, 0.5) is 4.79 Å². The highest BCUT2D eigenvalue weighted by Crippen LogP contribution is 2.21. The third kappa shape index (κ3) is 4.83. The third-order valence-electron chi connectivity index (χ3n) is 3.50. The monoisotopic (exact) mass is 387 g/mol. The van der Waals surface area contributed by atoms with E-state index < -0.39 is 24.5 Å². The predicted molar refractivity (Wildman–Crippen MR) is 96.1 cm³/mol. The Morgan fingerprint density at radius 1 is 1.15 bits per heavy atom. The number of hydrogen-bond acceptors (Lipinski definition) is 6. The van der Waals surface area contributed by atoms with E-state index in [-0.39, 0.29) is 17.3 Å². The first-order chi connectivity index (χ1) is 13.0. The number of benzene rings is 1. The normalized spacial score (nSPS) is 10.4. The summed E-state index contributed by atoms with van der Waals surface area (Å²) >= 11 is 5.92. The number of nitrogens with one attached hydrogen (secondary N) is 2. The molecular formula is C18H14ClN3O5. The van der Waals surface area contributed by atoms with Crippen molar-refractivity contribution < 1.29 is 23.5 Å². The Morgan fingerprint density at radius 3 is 2.74 bits per heavy atom. The van der Waals surface area contributed by atoms with Gasteiger partial charge >= 0.3 is 12.0 Å². The zero-order valence-electron chi connectivity index (χ0n) is 13.9. The molecule has 0 bridgehead atoms. The topological polar surface area (TPSA) is 111 Å². The molecule has 3 amide bonds. The van der Waals surface area contributed by atoms with Crippen molar-refractivity contribution in [2.75, 3.05) is 6.61 Å². The second kappa shape index (κ2) is 8.33. The average molecular weight is 388 g/mol. The van der Waals surface area contributed by atoms with E-state index in [9.17, 15) is 14.4 Å². The van der Waals surface area contributed by atoms with Gasteiger partial charge in [-0.2, -0.15) is 0 Å². The minimum Gasteiger partial charge on any atom is -0.467 e. The van der Waals surface area contributed by atoms with Crippen molar-refractivity contribution in [3.8, 4) is 0 Å². The molecule has 0 saturated carbocycles. The molecule has 0 radical (unpaired) electrons. The first kappa shape index (κ1) is 18.4. The average Bonchev–Trinajstić information content (AvgIpc) is 3.17. The van der Waals surface area contributed by atoms with Crippen molar-refractivity contribution in [1.29, 1.82) is 0 Å². The number of imide groups is 1. The fraction of sp³-hybridized carbons (Fsp3) is 0.111. The van der Waals surface area contributed by atoms with Crippen LogP contribution in [0.15, 0.2) is 53.1 Å². The first-order valence-corrected chi connectivity index (χ1v) is 8.23. The Hall–Kier alpha value is -3.39. The second-order valence-corrected chi connectivity index (χ2v) is 5.78. The number of halogens is 1. The summed E-state index contributed by atoms with van der Waals surface area (Å²) in [5.41, 5.74) is 0.708. The number of furan rings is 1. The predicted octanol–water partition coefficient (Wildman–Crippen LogP) is 2.66. The lowest BCUT2D eigenvalue weighted by atomic mass is 10.1. The van der Waals surface area contributed by atoms with Crippen molar-refractivity contribution in [3.63, 3.8) is 0 Å². The van der Waals surface area contributed by atoms with Crippen LogP contribution in [0, 0.1) is 0 Å². The van der Waals surface area contributed by atoms with E-state index in [1.807, 2.05) is 0 Å². The molecule has 2 aromatic heterocycles. The van der Waals surface area contributed by atoms with Crippen LogP contribution in [0.2, 0.25) is 5.15 Å². The fourth-order valence-corrected chi connectivity index (χ4v) is 2.51. The second-order valence-electron chi connectivity index (χ2n) is 5.40. The summed E-state index contributed by atoms with van der Waals surface area (Å²) in [7, 11) is 0. The van der Waals surface area contributed by atoms with Gasteiger partial charge in [-0.15, -0.1) is 0 Å². The maximum absolute atomic E-state index is 12.3. The van der Waals surface area contributed by atoms with Crippen molar-refractivity contribution in [1.82, 2.24) is 15.6 Å². The van der Waals surface area contributed by atoms with Gasteiger partial charge in [-0.3, -0.25) is 10.1 Å². The number of carbonyl (C=O) groups excluding carboxylic acids is 3. The van der Waals surface area contributed by atoms with Crippen LogP contribution in [0.25, 0.3) is 10.9 Å². The Bertz CT molecular complexity index is 988. The van der Waals surface area contributed by atoms with Crippen LogP contribution in [0.3, 0.4) is 0 Å². The van der Waals surface area contributed by atoms with Crippen molar-refractivity contribution in [2.24, 2.45) is 0 Å². The highest BCUT2D eigenvalue weighted by molar-refractivity contribution is 6.30. The number of para-hydroxylation sites is 1. The molecule has 0 atom stereocenters. The van der Waals surface area contributed by atoms with E-state index in [0.29, 0.717) is 16.7 Å². The van der Waals surface area contributed by atoms with Crippen LogP contribution in [-0.2, 0) is 16.1 Å². The van der Waals surface area contributed by atoms with Crippen LogP contribution in [0.1, 0.15) is 16.1 Å². The lowest BCUT2D eigenvalue weighted by Gasteiger charge is -2.08. The SMILES string of the molecule is O=C(COC(=O)c1cc(Cl)nc2ccccc12)NC(=O)NCc1ccco1. The molecule has 0 fully saturated rings. The van der Waals surface area contributed by atoms with Gasteiger partial charge in [0.05, 0.1) is 23.9 Å². The number of hydrogen-bond donors (Lipinski definition) is 2. The zero-order chi connectivity index (χ0) is 19.2. The molecule has 0 aliphatic rings.